The van der Waals surface area contributed by atoms with E-state index in [0.29, 0.717) is 0 Å². The largest absolute Gasteiger partial charge is 0.256 e. The van der Waals surface area contributed by atoms with Crippen molar-refractivity contribution in [1.29, 1.82) is 0 Å². The molecule has 0 N–H and O–H groups in total. The molecule has 0 fully saturated rings. The highest BCUT2D eigenvalue weighted by Crippen LogP contribution is 2.35. The van der Waals surface area contributed by atoms with Gasteiger partial charge in [-0.15, -0.1) is 11.3 Å². The molecule has 2 aromatic heterocycles. The van der Waals surface area contributed by atoms with E-state index >= 15 is 0 Å². The van der Waals surface area contributed by atoms with Crippen molar-refractivity contribution in [3.63, 3.8) is 0 Å². The Balaban J connectivity index is 1.15. The standard InChI is InChI=1S/C34H17F5N2S/c35-29-28(30(36)32(38)33(39)31(29)37)19-7-5-18(6-8-19)20-9-10-22-16-23(12-11-21(22)15-20)25-14-13-24(17-40-25)34-41-26-3-1-2-4-27(26)42-34/h1-17H. The molecule has 0 saturated carbocycles. The summed E-state index contributed by atoms with van der Waals surface area (Å²) in [4.78, 5) is 9.37. The van der Waals surface area contributed by atoms with Crippen molar-refractivity contribution >= 4 is 32.3 Å². The van der Waals surface area contributed by atoms with Gasteiger partial charge in [-0.2, -0.15) is 0 Å². The van der Waals surface area contributed by atoms with Crippen LogP contribution < -0.4 is 0 Å². The average Bonchev–Trinajstić information content (AvgIpc) is 3.47. The zero-order valence-electron chi connectivity index (χ0n) is 21.5. The summed E-state index contributed by atoms with van der Waals surface area (Å²) in [5, 5.41) is 2.87. The van der Waals surface area contributed by atoms with E-state index < -0.39 is 34.6 Å². The maximum Gasteiger partial charge on any atom is 0.200 e. The Labute approximate surface area is 240 Å². The quantitative estimate of drug-likeness (QED) is 0.118. The molecule has 42 heavy (non-hydrogen) atoms. The van der Waals surface area contributed by atoms with Crippen LogP contribution in [0, 0.1) is 29.1 Å². The molecule has 0 aliphatic rings. The minimum absolute atomic E-state index is 0.112. The molecule has 2 nitrogen and oxygen atoms in total. The summed E-state index contributed by atoms with van der Waals surface area (Å²) in [7, 11) is 0. The van der Waals surface area contributed by atoms with Gasteiger partial charge in [0.15, 0.2) is 23.3 Å². The van der Waals surface area contributed by atoms with Crippen molar-refractivity contribution in [2.45, 2.75) is 0 Å². The molecule has 0 bridgehead atoms. The monoisotopic (exact) mass is 580 g/mol. The topological polar surface area (TPSA) is 25.8 Å². The number of thiazole rings is 1. The fourth-order valence-electron chi connectivity index (χ4n) is 4.96. The predicted octanol–water partition coefficient (Wildman–Crippen LogP) is 10.2. The van der Waals surface area contributed by atoms with Crippen molar-refractivity contribution in [1.82, 2.24) is 9.97 Å². The molecular formula is C34H17F5N2S. The lowest BCUT2D eigenvalue weighted by Gasteiger charge is -2.10. The highest BCUT2D eigenvalue weighted by Gasteiger charge is 2.26. The van der Waals surface area contributed by atoms with E-state index in [-0.39, 0.29) is 5.56 Å². The van der Waals surface area contributed by atoms with E-state index in [0.717, 1.165) is 53.9 Å². The van der Waals surface area contributed by atoms with Gasteiger partial charge in [0.25, 0.3) is 0 Å². The van der Waals surface area contributed by atoms with Crippen molar-refractivity contribution in [3.8, 4) is 44.1 Å². The summed E-state index contributed by atoms with van der Waals surface area (Å²) in [6.45, 7) is 0. The summed E-state index contributed by atoms with van der Waals surface area (Å²) in [6.07, 6.45) is 1.83. The van der Waals surface area contributed by atoms with Crippen LogP contribution in [-0.4, -0.2) is 9.97 Å². The van der Waals surface area contributed by atoms with Gasteiger partial charge in [-0.25, -0.2) is 26.9 Å². The third kappa shape index (κ3) is 4.40. The fourth-order valence-corrected chi connectivity index (χ4v) is 5.91. The number of hydrogen-bond donors (Lipinski definition) is 0. The first-order valence-corrected chi connectivity index (χ1v) is 13.7. The number of halogens is 5. The van der Waals surface area contributed by atoms with Crippen molar-refractivity contribution in [2.24, 2.45) is 0 Å². The zero-order chi connectivity index (χ0) is 29.0. The van der Waals surface area contributed by atoms with E-state index in [1.54, 1.807) is 23.5 Å². The molecule has 0 aliphatic heterocycles. The second-order valence-electron chi connectivity index (χ2n) is 9.72. The SMILES string of the molecule is Fc1c(F)c(F)c(-c2ccc(-c3ccc4cc(-c5ccc(-c6nc7ccccc7s6)cn5)ccc4c3)cc2)c(F)c1F. The molecule has 0 spiro atoms. The summed E-state index contributed by atoms with van der Waals surface area (Å²) in [6, 6.07) is 29.7. The second kappa shape index (κ2) is 10.2. The van der Waals surface area contributed by atoms with E-state index in [1.165, 1.54) is 12.1 Å². The maximum absolute atomic E-state index is 14.3. The van der Waals surface area contributed by atoms with Gasteiger partial charge >= 0.3 is 0 Å². The minimum Gasteiger partial charge on any atom is -0.256 e. The molecule has 204 valence electrons. The smallest absolute Gasteiger partial charge is 0.200 e. The third-order valence-electron chi connectivity index (χ3n) is 7.16. The Morgan fingerprint density at radius 1 is 0.500 bits per heavy atom. The first kappa shape index (κ1) is 26.0. The fraction of sp³-hybridized carbons (Fsp3) is 0. The Morgan fingerprint density at radius 2 is 1.07 bits per heavy atom. The van der Waals surface area contributed by atoms with Crippen molar-refractivity contribution in [3.05, 3.63) is 132 Å². The van der Waals surface area contributed by atoms with Gasteiger partial charge < -0.3 is 0 Å². The molecule has 7 aromatic rings. The number of para-hydroxylation sites is 1. The molecule has 0 amide bonds. The molecule has 2 heterocycles. The number of fused-ring (bicyclic) bond motifs is 2. The van der Waals surface area contributed by atoms with E-state index in [2.05, 4.69) is 11.1 Å². The first-order valence-electron chi connectivity index (χ1n) is 12.9. The molecule has 0 saturated heterocycles. The lowest BCUT2D eigenvalue weighted by molar-refractivity contribution is 0.381. The Bertz CT molecular complexity index is 2080. The van der Waals surface area contributed by atoms with Gasteiger partial charge in [-0.3, -0.25) is 4.98 Å². The normalized spacial score (nSPS) is 11.5. The molecule has 0 atom stereocenters. The molecule has 5 aromatic carbocycles. The predicted molar refractivity (Wildman–Crippen MR) is 156 cm³/mol. The van der Waals surface area contributed by atoms with Crippen LogP contribution in [0.15, 0.2) is 103 Å². The summed E-state index contributed by atoms with van der Waals surface area (Å²) in [5.74, 6) is -9.84. The van der Waals surface area contributed by atoms with Crippen molar-refractivity contribution in [2.75, 3.05) is 0 Å². The molecule has 8 heteroatoms. The van der Waals surface area contributed by atoms with Gasteiger partial charge in [-0.1, -0.05) is 60.7 Å². The third-order valence-corrected chi connectivity index (χ3v) is 8.24. The second-order valence-corrected chi connectivity index (χ2v) is 10.7. The summed E-state index contributed by atoms with van der Waals surface area (Å²) in [5.41, 5.74) is 4.19. The Morgan fingerprint density at radius 3 is 1.74 bits per heavy atom. The molecule has 0 aliphatic carbocycles. The van der Waals surface area contributed by atoms with Crippen LogP contribution in [0.4, 0.5) is 22.0 Å². The van der Waals surface area contributed by atoms with Crippen LogP contribution in [0.5, 0.6) is 0 Å². The number of pyridine rings is 1. The highest BCUT2D eigenvalue weighted by molar-refractivity contribution is 7.21. The minimum atomic E-state index is -2.18. The number of rotatable bonds is 4. The maximum atomic E-state index is 14.3. The van der Waals surface area contributed by atoms with E-state index in [9.17, 15) is 22.0 Å². The van der Waals surface area contributed by atoms with E-state index in [4.69, 9.17) is 4.98 Å². The average molecular weight is 581 g/mol. The van der Waals surface area contributed by atoms with Gasteiger partial charge in [0.1, 0.15) is 5.01 Å². The number of nitrogens with zero attached hydrogens (tertiary/aromatic N) is 2. The van der Waals surface area contributed by atoms with Crippen LogP contribution in [0.3, 0.4) is 0 Å². The van der Waals surface area contributed by atoms with Crippen LogP contribution in [-0.2, 0) is 0 Å². The number of hydrogen-bond acceptors (Lipinski definition) is 3. The lowest BCUT2D eigenvalue weighted by atomic mass is 9.96. The molecule has 0 unspecified atom stereocenters. The first-order chi connectivity index (χ1) is 20.4. The van der Waals surface area contributed by atoms with Gasteiger partial charge in [0.2, 0.25) is 5.82 Å². The molecule has 7 rings (SSSR count). The summed E-state index contributed by atoms with van der Waals surface area (Å²) < 4.78 is 70.4. The van der Waals surface area contributed by atoms with Gasteiger partial charge in [0, 0.05) is 17.3 Å². The van der Waals surface area contributed by atoms with Crippen LogP contribution in [0.1, 0.15) is 0 Å². The van der Waals surface area contributed by atoms with Crippen molar-refractivity contribution < 1.29 is 22.0 Å². The van der Waals surface area contributed by atoms with Gasteiger partial charge in [-0.05, 0) is 63.9 Å². The molecular weight excluding hydrogens is 563 g/mol. The van der Waals surface area contributed by atoms with Crippen LogP contribution in [0.25, 0.3) is 65.1 Å². The Kier molecular flexibility index (Phi) is 6.28. The number of aromatic nitrogens is 2. The highest BCUT2D eigenvalue weighted by atomic mass is 32.1. The van der Waals surface area contributed by atoms with Crippen LogP contribution >= 0.6 is 11.3 Å². The lowest BCUT2D eigenvalue weighted by Crippen LogP contribution is -2.03. The Hall–Kier alpha value is -4.95. The van der Waals surface area contributed by atoms with E-state index in [1.807, 2.05) is 72.9 Å². The van der Waals surface area contributed by atoms with Gasteiger partial charge in [0.05, 0.1) is 21.5 Å². The zero-order valence-corrected chi connectivity index (χ0v) is 22.3. The number of benzene rings is 5. The molecule has 0 radical (unpaired) electrons. The van der Waals surface area contributed by atoms with Crippen LogP contribution in [0.2, 0.25) is 0 Å². The summed E-state index contributed by atoms with van der Waals surface area (Å²) >= 11 is 1.63.